The zero-order valence-corrected chi connectivity index (χ0v) is 12.5. The van der Waals surface area contributed by atoms with Gasteiger partial charge in [-0.05, 0) is 17.9 Å². The number of piperazine rings is 1. The summed E-state index contributed by atoms with van der Waals surface area (Å²) in [4.78, 5) is 26.5. The van der Waals surface area contributed by atoms with Crippen molar-refractivity contribution < 1.29 is 9.59 Å². The van der Waals surface area contributed by atoms with Crippen LogP contribution in [0.4, 0.5) is 0 Å². The summed E-state index contributed by atoms with van der Waals surface area (Å²) >= 11 is 0. The average molecular weight is 274 g/mol. The van der Waals surface area contributed by atoms with Crippen LogP contribution in [0.2, 0.25) is 0 Å². The van der Waals surface area contributed by atoms with E-state index in [1.54, 1.807) is 11.8 Å². The lowest BCUT2D eigenvalue weighted by molar-refractivity contribution is -0.150. The predicted molar refractivity (Wildman–Crippen MR) is 78.0 cm³/mol. The number of benzene rings is 1. The molecule has 1 aliphatic rings. The average Bonchev–Trinajstić information content (AvgIpc) is 2.35. The Balaban J connectivity index is 2.38. The van der Waals surface area contributed by atoms with Gasteiger partial charge in [0.15, 0.2) is 0 Å². The molecule has 0 aromatic heterocycles. The van der Waals surface area contributed by atoms with Crippen LogP contribution in [0.5, 0.6) is 0 Å². The molecule has 0 aliphatic carbocycles. The summed E-state index contributed by atoms with van der Waals surface area (Å²) in [6, 6.07) is 8.49. The molecule has 0 spiro atoms. The first-order valence-corrected chi connectivity index (χ1v) is 6.95. The van der Waals surface area contributed by atoms with Crippen LogP contribution < -0.4 is 5.32 Å². The molecule has 2 atom stereocenters. The number of hydrogen-bond acceptors (Lipinski definition) is 2. The summed E-state index contributed by atoms with van der Waals surface area (Å²) in [6.45, 7) is 8.50. The number of carbonyl (C=O) groups is 2. The molecule has 1 saturated heterocycles. The van der Waals surface area contributed by atoms with Gasteiger partial charge < -0.3 is 10.2 Å². The largest absolute Gasteiger partial charge is 0.342 e. The first-order chi connectivity index (χ1) is 9.29. The Labute approximate surface area is 120 Å². The molecule has 108 valence electrons. The molecule has 2 amide bonds. The van der Waals surface area contributed by atoms with Crippen LogP contribution in [0.15, 0.2) is 30.3 Å². The van der Waals surface area contributed by atoms with Gasteiger partial charge in [0.25, 0.3) is 0 Å². The van der Waals surface area contributed by atoms with E-state index in [-0.39, 0.29) is 17.2 Å². The maximum Gasteiger partial charge on any atom is 0.248 e. The van der Waals surface area contributed by atoms with Crippen LogP contribution in [0, 0.1) is 5.41 Å². The number of hydrogen-bond donors (Lipinski definition) is 1. The molecule has 4 heteroatoms. The SMILES string of the molecule is CC1NC(=O)C(c2ccccc2)N(CC(C)(C)C)C1=O. The topological polar surface area (TPSA) is 49.4 Å². The lowest BCUT2D eigenvalue weighted by atomic mass is 9.92. The fourth-order valence-corrected chi connectivity index (χ4v) is 2.52. The van der Waals surface area contributed by atoms with Crippen molar-refractivity contribution in [1.29, 1.82) is 0 Å². The highest BCUT2D eigenvalue weighted by molar-refractivity contribution is 5.97. The maximum atomic E-state index is 12.4. The second-order valence-electron chi connectivity index (χ2n) is 6.57. The van der Waals surface area contributed by atoms with Gasteiger partial charge in [-0.25, -0.2) is 0 Å². The minimum atomic E-state index is -0.529. The normalized spacial score (nSPS) is 23.7. The van der Waals surface area contributed by atoms with E-state index in [1.165, 1.54) is 0 Å². The van der Waals surface area contributed by atoms with Crippen molar-refractivity contribution in [2.75, 3.05) is 6.54 Å². The molecule has 1 aromatic carbocycles. The Kier molecular flexibility index (Phi) is 3.84. The van der Waals surface area contributed by atoms with Gasteiger partial charge in [-0.2, -0.15) is 0 Å². The molecule has 1 aliphatic heterocycles. The molecular weight excluding hydrogens is 252 g/mol. The smallest absolute Gasteiger partial charge is 0.248 e. The molecule has 4 nitrogen and oxygen atoms in total. The molecule has 0 radical (unpaired) electrons. The van der Waals surface area contributed by atoms with E-state index in [2.05, 4.69) is 26.1 Å². The molecule has 20 heavy (non-hydrogen) atoms. The van der Waals surface area contributed by atoms with E-state index in [1.807, 2.05) is 30.3 Å². The Morgan fingerprint density at radius 1 is 1.15 bits per heavy atom. The lowest BCUT2D eigenvalue weighted by Crippen LogP contribution is -2.59. The predicted octanol–water partition coefficient (Wildman–Crippen LogP) is 2.12. The molecular formula is C16H22N2O2. The van der Waals surface area contributed by atoms with Crippen LogP contribution in [0.3, 0.4) is 0 Å². The Hall–Kier alpha value is -1.84. The number of carbonyl (C=O) groups excluding carboxylic acids is 2. The molecule has 0 saturated carbocycles. The van der Waals surface area contributed by atoms with E-state index in [0.29, 0.717) is 6.54 Å². The molecule has 1 heterocycles. The second-order valence-corrected chi connectivity index (χ2v) is 6.57. The molecule has 2 unspecified atom stereocenters. The number of nitrogens with zero attached hydrogens (tertiary/aromatic N) is 1. The molecule has 1 fully saturated rings. The quantitative estimate of drug-likeness (QED) is 0.898. The Morgan fingerprint density at radius 3 is 2.30 bits per heavy atom. The third-order valence-electron chi connectivity index (χ3n) is 3.33. The minimum absolute atomic E-state index is 0.0200. The van der Waals surface area contributed by atoms with Gasteiger partial charge in [0.05, 0.1) is 0 Å². The molecule has 2 rings (SSSR count). The van der Waals surface area contributed by atoms with Gasteiger partial charge in [-0.1, -0.05) is 51.1 Å². The maximum absolute atomic E-state index is 12.4. The van der Waals surface area contributed by atoms with Crippen LogP contribution in [-0.4, -0.2) is 29.3 Å². The fraction of sp³-hybridized carbons (Fsp3) is 0.500. The number of amides is 2. The highest BCUT2D eigenvalue weighted by atomic mass is 16.2. The summed E-state index contributed by atoms with van der Waals surface area (Å²) in [6.07, 6.45) is 0. The monoisotopic (exact) mass is 274 g/mol. The van der Waals surface area contributed by atoms with Crippen molar-refractivity contribution in [3.63, 3.8) is 0 Å². The Morgan fingerprint density at radius 2 is 1.75 bits per heavy atom. The van der Waals surface area contributed by atoms with Gasteiger partial charge in [0.2, 0.25) is 11.8 Å². The first kappa shape index (κ1) is 14.6. The van der Waals surface area contributed by atoms with Crippen molar-refractivity contribution >= 4 is 11.8 Å². The summed E-state index contributed by atoms with van der Waals surface area (Å²) in [5, 5.41) is 2.76. The number of rotatable bonds is 2. The summed E-state index contributed by atoms with van der Waals surface area (Å²) < 4.78 is 0. The number of nitrogens with one attached hydrogen (secondary N) is 1. The summed E-state index contributed by atoms with van der Waals surface area (Å²) in [5.74, 6) is -0.124. The van der Waals surface area contributed by atoms with Gasteiger partial charge >= 0.3 is 0 Å². The zero-order chi connectivity index (χ0) is 14.9. The van der Waals surface area contributed by atoms with Gasteiger partial charge in [0.1, 0.15) is 12.1 Å². The van der Waals surface area contributed by atoms with E-state index < -0.39 is 12.1 Å². The van der Waals surface area contributed by atoms with Crippen molar-refractivity contribution in [1.82, 2.24) is 10.2 Å². The van der Waals surface area contributed by atoms with Crippen molar-refractivity contribution in [2.45, 2.75) is 39.8 Å². The summed E-state index contributed by atoms with van der Waals surface area (Å²) in [5.41, 5.74) is 0.800. The molecule has 0 bridgehead atoms. The van der Waals surface area contributed by atoms with Crippen LogP contribution in [0.25, 0.3) is 0 Å². The summed E-state index contributed by atoms with van der Waals surface area (Å²) in [7, 11) is 0. The van der Waals surface area contributed by atoms with Crippen molar-refractivity contribution in [3.8, 4) is 0 Å². The second kappa shape index (κ2) is 5.27. The third-order valence-corrected chi connectivity index (χ3v) is 3.33. The lowest BCUT2D eigenvalue weighted by Gasteiger charge is -2.41. The van der Waals surface area contributed by atoms with Crippen molar-refractivity contribution in [3.05, 3.63) is 35.9 Å². The highest BCUT2D eigenvalue weighted by Crippen LogP contribution is 2.29. The van der Waals surface area contributed by atoms with E-state index >= 15 is 0 Å². The first-order valence-electron chi connectivity index (χ1n) is 6.95. The molecule has 1 aromatic rings. The van der Waals surface area contributed by atoms with Gasteiger partial charge in [-0.15, -0.1) is 0 Å². The third kappa shape index (κ3) is 3.00. The Bertz CT molecular complexity index is 505. The minimum Gasteiger partial charge on any atom is -0.342 e. The molecule has 1 N–H and O–H groups in total. The highest BCUT2D eigenvalue weighted by Gasteiger charge is 2.40. The van der Waals surface area contributed by atoms with Gasteiger partial charge in [-0.3, -0.25) is 9.59 Å². The zero-order valence-electron chi connectivity index (χ0n) is 12.5. The standard InChI is InChI=1S/C16H22N2O2/c1-11-15(20)18(10-16(2,3)4)13(14(19)17-11)12-8-6-5-7-9-12/h5-9,11,13H,10H2,1-4H3,(H,17,19). The van der Waals surface area contributed by atoms with Crippen LogP contribution in [-0.2, 0) is 9.59 Å². The van der Waals surface area contributed by atoms with Crippen molar-refractivity contribution in [2.24, 2.45) is 5.41 Å². The van der Waals surface area contributed by atoms with E-state index in [4.69, 9.17) is 0 Å². The van der Waals surface area contributed by atoms with Crippen LogP contribution >= 0.6 is 0 Å². The van der Waals surface area contributed by atoms with Gasteiger partial charge in [0, 0.05) is 6.54 Å². The fourth-order valence-electron chi connectivity index (χ4n) is 2.52. The van der Waals surface area contributed by atoms with E-state index in [0.717, 1.165) is 5.56 Å². The van der Waals surface area contributed by atoms with E-state index in [9.17, 15) is 9.59 Å². The van der Waals surface area contributed by atoms with Crippen LogP contribution in [0.1, 0.15) is 39.3 Å².